The summed E-state index contributed by atoms with van der Waals surface area (Å²) >= 11 is 0. The highest BCUT2D eigenvalue weighted by atomic mass is 19.1. The van der Waals surface area contributed by atoms with Crippen LogP contribution in [0.1, 0.15) is 25.0 Å². The molecule has 2 N–H and O–H groups in total. The number of aromatic nitrogens is 2. The second-order valence-corrected chi connectivity index (χ2v) is 5.10. The number of hydrogen-bond donors (Lipinski definition) is 1. The first-order valence-corrected chi connectivity index (χ1v) is 6.16. The lowest BCUT2D eigenvalue weighted by Gasteiger charge is -2.03. The van der Waals surface area contributed by atoms with E-state index in [0.717, 1.165) is 23.2 Å². The van der Waals surface area contributed by atoms with Crippen molar-refractivity contribution in [2.75, 3.05) is 5.73 Å². The average Bonchev–Trinajstić information content (AvgIpc) is 2.97. The summed E-state index contributed by atoms with van der Waals surface area (Å²) in [6.45, 7) is 2.20. The minimum atomic E-state index is -0.245. The number of nitrogen functional groups attached to an aromatic ring is 1. The van der Waals surface area contributed by atoms with Crippen LogP contribution >= 0.6 is 0 Å². The van der Waals surface area contributed by atoms with Crippen molar-refractivity contribution in [3.8, 4) is 11.1 Å². The van der Waals surface area contributed by atoms with Gasteiger partial charge in [0, 0.05) is 18.5 Å². The monoisotopic (exact) mass is 245 g/mol. The third-order valence-electron chi connectivity index (χ3n) is 3.69. The van der Waals surface area contributed by atoms with Gasteiger partial charge in [0.1, 0.15) is 11.6 Å². The molecule has 3 nitrogen and oxygen atoms in total. The summed E-state index contributed by atoms with van der Waals surface area (Å²) < 4.78 is 15.0. The molecular formula is C14H16FN3. The Morgan fingerprint density at radius 1 is 1.44 bits per heavy atom. The fourth-order valence-corrected chi connectivity index (χ4v) is 2.46. The van der Waals surface area contributed by atoms with Crippen molar-refractivity contribution in [3.63, 3.8) is 0 Å². The number of aryl methyl sites for hydroxylation is 1. The number of rotatable bonds is 2. The summed E-state index contributed by atoms with van der Waals surface area (Å²) in [5.41, 5.74) is 8.79. The van der Waals surface area contributed by atoms with E-state index in [9.17, 15) is 4.39 Å². The molecule has 1 aliphatic carbocycles. The lowest BCUT2D eigenvalue weighted by molar-refractivity contribution is 0.628. The van der Waals surface area contributed by atoms with E-state index in [1.54, 1.807) is 10.7 Å². The smallest absolute Gasteiger partial charge is 0.129 e. The Balaban J connectivity index is 2.15. The van der Waals surface area contributed by atoms with Gasteiger partial charge in [0.25, 0.3) is 0 Å². The van der Waals surface area contributed by atoms with E-state index >= 15 is 0 Å². The molecule has 0 spiro atoms. The molecule has 0 bridgehead atoms. The summed E-state index contributed by atoms with van der Waals surface area (Å²) in [4.78, 5) is 0. The molecule has 0 saturated heterocycles. The number of hydrogen-bond acceptors (Lipinski definition) is 2. The van der Waals surface area contributed by atoms with Gasteiger partial charge in [-0.3, -0.25) is 4.68 Å². The molecule has 2 atom stereocenters. The molecule has 1 aromatic carbocycles. The van der Waals surface area contributed by atoms with Gasteiger partial charge in [-0.05, 0) is 30.0 Å². The molecule has 1 saturated carbocycles. The maximum atomic E-state index is 13.3. The molecule has 1 fully saturated rings. The van der Waals surface area contributed by atoms with Gasteiger partial charge in [0.05, 0.1) is 5.69 Å². The Hall–Kier alpha value is -1.84. The molecule has 3 rings (SSSR count). The van der Waals surface area contributed by atoms with E-state index in [2.05, 4.69) is 12.0 Å². The van der Waals surface area contributed by atoms with Crippen LogP contribution in [0.3, 0.4) is 0 Å². The van der Waals surface area contributed by atoms with Gasteiger partial charge in [-0.2, -0.15) is 5.10 Å². The molecule has 4 heteroatoms. The highest BCUT2D eigenvalue weighted by molar-refractivity contribution is 5.77. The van der Waals surface area contributed by atoms with Gasteiger partial charge in [-0.1, -0.05) is 19.1 Å². The van der Waals surface area contributed by atoms with Crippen molar-refractivity contribution in [2.45, 2.75) is 19.3 Å². The van der Waals surface area contributed by atoms with Crippen molar-refractivity contribution >= 4 is 5.82 Å². The maximum Gasteiger partial charge on any atom is 0.129 e. The Bertz CT molecular complexity index is 603. The number of anilines is 1. The topological polar surface area (TPSA) is 43.8 Å². The van der Waals surface area contributed by atoms with E-state index in [0.29, 0.717) is 17.7 Å². The minimum absolute atomic E-state index is 0.245. The van der Waals surface area contributed by atoms with Gasteiger partial charge in [-0.25, -0.2) is 4.39 Å². The average molecular weight is 245 g/mol. The molecule has 0 radical (unpaired) electrons. The first-order valence-electron chi connectivity index (χ1n) is 6.16. The van der Waals surface area contributed by atoms with E-state index in [4.69, 9.17) is 5.73 Å². The number of nitrogens with two attached hydrogens (primary N) is 1. The van der Waals surface area contributed by atoms with Gasteiger partial charge >= 0.3 is 0 Å². The highest BCUT2D eigenvalue weighted by Crippen LogP contribution is 2.50. The maximum absolute atomic E-state index is 13.3. The Labute approximate surface area is 105 Å². The van der Waals surface area contributed by atoms with Crippen LogP contribution in [0.15, 0.2) is 24.3 Å². The zero-order chi connectivity index (χ0) is 12.9. The molecule has 2 aromatic rings. The van der Waals surface area contributed by atoms with E-state index in [-0.39, 0.29) is 5.82 Å². The lowest BCUT2D eigenvalue weighted by atomic mass is 10.0. The van der Waals surface area contributed by atoms with Crippen LogP contribution in [-0.4, -0.2) is 9.78 Å². The number of halogens is 1. The van der Waals surface area contributed by atoms with Gasteiger partial charge in [-0.15, -0.1) is 0 Å². The van der Waals surface area contributed by atoms with Crippen molar-refractivity contribution in [1.82, 2.24) is 9.78 Å². The van der Waals surface area contributed by atoms with E-state index in [1.165, 1.54) is 12.1 Å². The third-order valence-corrected chi connectivity index (χ3v) is 3.69. The fourth-order valence-electron chi connectivity index (χ4n) is 2.46. The van der Waals surface area contributed by atoms with Crippen LogP contribution in [0.4, 0.5) is 10.2 Å². The first kappa shape index (κ1) is 11.3. The largest absolute Gasteiger partial charge is 0.383 e. The SMILES string of the molecule is CC1CC1c1nn(C)c(N)c1-c1cccc(F)c1. The lowest BCUT2D eigenvalue weighted by Crippen LogP contribution is -1.98. The van der Waals surface area contributed by atoms with Gasteiger partial charge < -0.3 is 5.73 Å². The van der Waals surface area contributed by atoms with Crippen molar-refractivity contribution in [1.29, 1.82) is 0 Å². The summed E-state index contributed by atoms with van der Waals surface area (Å²) in [6.07, 6.45) is 1.14. The number of benzene rings is 1. The van der Waals surface area contributed by atoms with Crippen LogP contribution in [0.5, 0.6) is 0 Å². The van der Waals surface area contributed by atoms with E-state index < -0.39 is 0 Å². The van der Waals surface area contributed by atoms with Crippen LogP contribution < -0.4 is 5.73 Å². The third kappa shape index (κ3) is 1.68. The molecule has 2 unspecified atom stereocenters. The van der Waals surface area contributed by atoms with Crippen LogP contribution in [0.2, 0.25) is 0 Å². The zero-order valence-corrected chi connectivity index (χ0v) is 10.5. The van der Waals surface area contributed by atoms with Crippen LogP contribution in [0, 0.1) is 11.7 Å². The van der Waals surface area contributed by atoms with Crippen molar-refractivity contribution < 1.29 is 4.39 Å². The zero-order valence-electron chi connectivity index (χ0n) is 10.5. The second kappa shape index (κ2) is 3.83. The van der Waals surface area contributed by atoms with Gasteiger partial charge in [0.2, 0.25) is 0 Å². The van der Waals surface area contributed by atoms with Crippen LogP contribution in [0.25, 0.3) is 11.1 Å². The second-order valence-electron chi connectivity index (χ2n) is 5.10. The Kier molecular flexibility index (Phi) is 2.40. The molecule has 1 aliphatic rings. The summed E-state index contributed by atoms with van der Waals surface area (Å²) in [6, 6.07) is 6.55. The summed E-state index contributed by atoms with van der Waals surface area (Å²) in [5.74, 6) is 1.47. The summed E-state index contributed by atoms with van der Waals surface area (Å²) in [7, 11) is 1.83. The Morgan fingerprint density at radius 3 is 2.78 bits per heavy atom. The normalized spacial score (nSPS) is 22.2. The molecule has 1 aromatic heterocycles. The molecule has 0 aliphatic heterocycles. The highest BCUT2D eigenvalue weighted by Gasteiger charge is 2.39. The van der Waals surface area contributed by atoms with E-state index in [1.807, 2.05) is 13.1 Å². The quantitative estimate of drug-likeness (QED) is 0.884. The first-order chi connectivity index (χ1) is 8.58. The molecular weight excluding hydrogens is 229 g/mol. The fraction of sp³-hybridized carbons (Fsp3) is 0.357. The predicted molar refractivity (Wildman–Crippen MR) is 69.5 cm³/mol. The van der Waals surface area contributed by atoms with Crippen LogP contribution in [-0.2, 0) is 7.05 Å². The summed E-state index contributed by atoms with van der Waals surface area (Å²) in [5, 5.41) is 4.50. The molecule has 0 amide bonds. The van der Waals surface area contributed by atoms with Crippen molar-refractivity contribution in [2.24, 2.45) is 13.0 Å². The minimum Gasteiger partial charge on any atom is -0.383 e. The Morgan fingerprint density at radius 2 is 2.17 bits per heavy atom. The molecule has 94 valence electrons. The number of nitrogens with zero attached hydrogens (tertiary/aromatic N) is 2. The molecule has 1 heterocycles. The predicted octanol–water partition coefficient (Wildman–Crippen LogP) is 2.93. The van der Waals surface area contributed by atoms with Crippen molar-refractivity contribution in [3.05, 3.63) is 35.8 Å². The molecule has 18 heavy (non-hydrogen) atoms. The van der Waals surface area contributed by atoms with Gasteiger partial charge in [0.15, 0.2) is 0 Å². The standard InChI is InChI=1S/C14H16FN3/c1-8-6-11(8)13-12(14(16)18(2)17-13)9-4-3-5-10(15)7-9/h3-5,7-8,11H,6,16H2,1-2H3.